The lowest BCUT2D eigenvalue weighted by Gasteiger charge is -2.30. The van der Waals surface area contributed by atoms with Crippen LogP contribution in [0.1, 0.15) is 31.1 Å². The van der Waals surface area contributed by atoms with Gasteiger partial charge in [-0.25, -0.2) is 4.98 Å². The molecule has 0 radical (unpaired) electrons. The van der Waals surface area contributed by atoms with E-state index in [4.69, 9.17) is 20.8 Å². The van der Waals surface area contributed by atoms with Crippen LogP contribution in [0.2, 0.25) is 5.02 Å². The lowest BCUT2D eigenvalue weighted by atomic mass is 9.96. The summed E-state index contributed by atoms with van der Waals surface area (Å²) in [4.78, 5) is 19.2. The van der Waals surface area contributed by atoms with Gasteiger partial charge in [0.1, 0.15) is 11.3 Å². The summed E-state index contributed by atoms with van der Waals surface area (Å²) in [6.45, 7) is 2.58. The number of fused-ring (bicyclic) bond motifs is 1. The van der Waals surface area contributed by atoms with Crippen LogP contribution in [0.4, 0.5) is 5.69 Å². The van der Waals surface area contributed by atoms with Gasteiger partial charge < -0.3 is 19.4 Å². The van der Waals surface area contributed by atoms with Gasteiger partial charge in [0.2, 0.25) is 5.91 Å². The van der Waals surface area contributed by atoms with Crippen molar-refractivity contribution in [2.75, 3.05) is 32.1 Å². The molecule has 0 atom stereocenters. The van der Waals surface area contributed by atoms with E-state index < -0.39 is 0 Å². The summed E-state index contributed by atoms with van der Waals surface area (Å²) in [6.07, 6.45) is 2.38. The van der Waals surface area contributed by atoms with Gasteiger partial charge in [0.05, 0.1) is 12.8 Å². The zero-order valence-corrected chi connectivity index (χ0v) is 17.1. The van der Waals surface area contributed by atoms with Gasteiger partial charge in [-0.05, 0) is 56.3 Å². The first-order chi connectivity index (χ1) is 14.1. The molecule has 0 saturated carbocycles. The second-order valence-electron chi connectivity index (χ2n) is 7.28. The maximum atomic E-state index is 12.3. The first kappa shape index (κ1) is 19.7. The Morgan fingerprint density at radius 2 is 2.07 bits per heavy atom. The summed E-state index contributed by atoms with van der Waals surface area (Å²) >= 11 is 6.03. The number of piperidine rings is 1. The third kappa shape index (κ3) is 4.71. The number of para-hydroxylation sites is 2. The molecule has 1 N–H and O–H groups in total. The fourth-order valence-electron chi connectivity index (χ4n) is 3.72. The van der Waals surface area contributed by atoms with E-state index in [1.165, 1.54) is 0 Å². The van der Waals surface area contributed by atoms with Crippen LogP contribution in [0.5, 0.6) is 5.75 Å². The van der Waals surface area contributed by atoms with Gasteiger partial charge in [-0.15, -0.1) is 0 Å². The van der Waals surface area contributed by atoms with Gasteiger partial charge >= 0.3 is 0 Å². The Morgan fingerprint density at radius 3 is 2.86 bits per heavy atom. The van der Waals surface area contributed by atoms with Crippen molar-refractivity contribution in [3.8, 4) is 5.75 Å². The van der Waals surface area contributed by atoms with Crippen molar-refractivity contribution in [3.63, 3.8) is 0 Å². The zero-order chi connectivity index (χ0) is 20.2. The maximum absolute atomic E-state index is 12.3. The number of oxazole rings is 1. The molecule has 6 nitrogen and oxygen atoms in total. The minimum absolute atomic E-state index is 0.00699. The van der Waals surface area contributed by atoms with Crippen LogP contribution in [0.3, 0.4) is 0 Å². The third-order valence-electron chi connectivity index (χ3n) is 5.34. The molecule has 1 aliphatic heterocycles. The van der Waals surface area contributed by atoms with Crippen molar-refractivity contribution in [2.24, 2.45) is 0 Å². The van der Waals surface area contributed by atoms with E-state index in [1.807, 2.05) is 42.5 Å². The number of hydrogen-bond donors (Lipinski definition) is 1. The van der Waals surface area contributed by atoms with E-state index in [2.05, 4.69) is 15.2 Å². The molecule has 1 aromatic heterocycles. The molecule has 0 bridgehead atoms. The number of nitrogens with zero attached hydrogens (tertiary/aromatic N) is 2. The smallest absolute Gasteiger partial charge is 0.225 e. The molecule has 1 saturated heterocycles. The second kappa shape index (κ2) is 8.84. The molecule has 29 heavy (non-hydrogen) atoms. The molecule has 4 rings (SSSR count). The Labute approximate surface area is 174 Å². The number of amides is 1. The zero-order valence-electron chi connectivity index (χ0n) is 16.4. The Bertz CT molecular complexity index is 996. The lowest BCUT2D eigenvalue weighted by molar-refractivity contribution is -0.116. The van der Waals surface area contributed by atoms with Gasteiger partial charge in [0, 0.05) is 23.9 Å². The van der Waals surface area contributed by atoms with Gasteiger partial charge in [-0.3, -0.25) is 4.79 Å². The molecule has 1 fully saturated rings. The Kier molecular flexibility index (Phi) is 6.02. The lowest BCUT2D eigenvalue weighted by Crippen LogP contribution is -2.35. The van der Waals surface area contributed by atoms with Gasteiger partial charge in [-0.2, -0.15) is 0 Å². The van der Waals surface area contributed by atoms with E-state index in [0.29, 0.717) is 28.8 Å². The topological polar surface area (TPSA) is 67.6 Å². The normalized spacial score (nSPS) is 15.5. The van der Waals surface area contributed by atoms with Gasteiger partial charge in [0.15, 0.2) is 11.5 Å². The van der Waals surface area contributed by atoms with Crippen molar-refractivity contribution >= 4 is 34.3 Å². The molecule has 7 heteroatoms. The summed E-state index contributed by atoms with van der Waals surface area (Å²) in [6, 6.07) is 12.9. The predicted molar refractivity (Wildman–Crippen MR) is 114 cm³/mol. The fourth-order valence-corrected chi connectivity index (χ4v) is 3.88. The Hall–Kier alpha value is -2.57. The number of benzene rings is 2. The summed E-state index contributed by atoms with van der Waals surface area (Å²) in [5.41, 5.74) is 2.29. The largest absolute Gasteiger partial charge is 0.495 e. The number of nitrogens with one attached hydrogen (secondary N) is 1. The van der Waals surface area contributed by atoms with Crippen LogP contribution >= 0.6 is 11.6 Å². The summed E-state index contributed by atoms with van der Waals surface area (Å²) in [5.74, 6) is 1.75. The van der Waals surface area contributed by atoms with Crippen LogP contribution in [0.15, 0.2) is 46.9 Å². The van der Waals surface area contributed by atoms with Gasteiger partial charge in [-0.1, -0.05) is 23.7 Å². The average molecular weight is 414 g/mol. The van der Waals surface area contributed by atoms with E-state index in [0.717, 1.165) is 49.5 Å². The maximum Gasteiger partial charge on any atom is 0.225 e. The van der Waals surface area contributed by atoms with Crippen LogP contribution in [-0.4, -0.2) is 42.5 Å². The van der Waals surface area contributed by atoms with E-state index in [-0.39, 0.29) is 5.91 Å². The highest BCUT2D eigenvalue weighted by molar-refractivity contribution is 6.31. The molecule has 0 spiro atoms. The SMILES string of the molecule is COc1ccccc1NC(=O)CCN1CCC(c2nc3cc(Cl)ccc3o2)CC1. The molecule has 0 unspecified atom stereocenters. The number of carbonyl (C=O) groups excluding carboxylic acids is 1. The first-order valence-electron chi connectivity index (χ1n) is 9.83. The number of methoxy groups -OCH3 is 1. The first-order valence-corrected chi connectivity index (χ1v) is 10.2. The molecule has 2 aromatic carbocycles. The standard InChI is InChI=1S/C22H24ClN3O3/c1-28-19-5-3-2-4-17(19)24-21(27)10-13-26-11-8-15(9-12-26)22-25-18-14-16(23)6-7-20(18)29-22/h2-7,14-15H,8-13H2,1H3,(H,24,27). The number of rotatable bonds is 6. The molecule has 152 valence electrons. The highest BCUT2D eigenvalue weighted by Gasteiger charge is 2.25. The monoisotopic (exact) mass is 413 g/mol. The van der Waals surface area contributed by atoms with E-state index >= 15 is 0 Å². The van der Waals surface area contributed by atoms with E-state index in [1.54, 1.807) is 7.11 Å². The summed E-state index contributed by atoms with van der Waals surface area (Å²) in [5, 5.41) is 3.59. The molecule has 3 aromatic rings. The highest BCUT2D eigenvalue weighted by atomic mass is 35.5. The molecule has 1 amide bonds. The molecular weight excluding hydrogens is 390 g/mol. The quantitative estimate of drug-likeness (QED) is 0.634. The van der Waals surface area contributed by atoms with Crippen LogP contribution in [0.25, 0.3) is 11.1 Å². The van der Waals surface area contributed by atoms with Gasteiger partial charge in [0.25, 0.3) is 0 Å². The fraction of sp³-hybridized carbons (Fsp3) is 0.364. The summed E-state index contributed by atoms with van der Waals surface area (Å²) < 4.78 is 11.2. The second-order valence-corrected chi connectivity index (χ2v) is 7.71. The highest BCUT2D eigenvalue weighted by Crippen LogP contribution is 2.31. The molecule has 0 aliphatic carbocycles. The number of likely N-dealkylation sites (tertiary alicyclic amines) is 1. The van der Waals surface area contributed by atoms with Crippen molar-refractivity contribution < 1.29 is 13.9 Å². The number of ether oxygens (including phenoxy) is 1. The number of hydrogen-bond acceptors (Lipinski definition) is 5. The number of aromatic nitrogens is 1. The molecule has 2 heterocycles. The predicted octanol–water partition coefficient (Wildman–Crippen LogP) is 4.70. The number of anilines is 1. The number of halogens is 1. The van der Waals surface area contributed by atoms with E-state index in [9.17, 15) is 4.79 Å². The summed E-state index contributed by atoms with van der Waals surface area (Å²) in [7, 11) is 1.60. The van der Waals surface area contributed by atoms with Crippen molar-refractivity contribution in [3.05, 3.63) is 53.4 Å². The minimum atomic E-state index is -0.00699. The Morgan fingerprint density at radius 1 is 1.28 bits per heavy atom. The van der Waals surface area contributed by atoms with Crippen molar-refractivity contribution in [1.29, 1.82) is 0 Å². The third-order valence-corrected chi connectivity index (χ3v) is 5.57. The minimum Gasteiger partial charge on any atom is -0.495 e. The van der Waals surface area contributed by atoms with Crippen molar-refractivity contribution in [1.82, 2.24) is 9.88 Å². The van der Waals surface area contributed by atoms with Crippen LogP contribution in [0, 0.1) is 0 Å². The Balaban J connectivity index is 1.27. The molecule has 1 aliphatic rings. The number of carbonyl (C=O) groups is 1. The van der Waals surface area contributed by atoms with Crippen molar-refractivity contribution in [2.45, 2.75) is 25.2 Å². The molecular formula is C22H24ClN3O3. The van der Waals surface area contributed by atoms with Crippen LogP contribution in [-0.2, 0) is 4.79 Å². The van der Waals surface area contributed by atoms with Crippen LogP contribution < -0.4 is 10.1 Å². The average Bonchev–Trinajstić information content (AvgIpc) is 3.16.